The molecule has 350 valence electrons. The highest BCUT2D eigenvalue weighted by molar-refractivity contribution is 6.00. The van der Waals surface area contributed by atoms with Crippen LogP contribution < -0.4 is 4.90 Å². The molecule has 1 nitrogen and oxygen atoms in total. The average Bonchev–Trinajstić information content (AvgIpc) is 3.78. The largest absolute Gasteiger partial charge is 0.310 e. The predicted octanol–water partition coefficient (Wildman–Crippen LogP) is 18.5. The molecule has 69 heavy (non-hydrogen) atoms. The second-order valence-corrected chi connectivity index (χ2v) is 26.1. The summed E-state index contributed by atoms with van der Waals surface area (Å²) in [5.74, 6) is 0. The minimum absolute atomic E-state index is 0.0472. The second-order valence-electron chi connectivity index (χ2n) is 26.1. The highest BCUT2D eigenvalue weighted by Crippen LogP contribution is 2.65. The monoisotopic (exact) mass is 904 g/mol. The Labute approximate surface area is 414 Å². The zero-order valence-corrected chi connectivity index (χ0v) is 43.9. The van der Waals surface area contributed by atoms with Crippen molar-refractivity contribution in [1.82, 2.24) is 0 Å². The van der Waals surface area contributed by atoms with Gasteiger partial charge in [0.1, 0.15) is 0 Å². The van der Waals surface area contributed by atoms with Crippen LogP contribution in [0.15, 0.2) is 133 Å². The Bertz CT molecular complexity index is 3180. The molecule has 0 N–H and O–H groups in total. The molecule has 0 saturated heterocycles. The van der Waals surface area contributed by atoms with Crippen LogP contribution in [-0.4, -0.2) is 0 Å². The summed E-state index contributed by atoms with van der Waals surface area (Å²) in [5.41, 5.74) is 27.6. The molecule has 0 amide bonds. The molecule has 7 aromatic rings. The highest BCUT2D eigenvalue weighted by atomic mass is 15.1. The van der Waals surface area contributed by atoms with Gasteiger partial charge >= 0.3 is 0 Å². The fourth-order valence-corrected chi connectivity index (χ4v) is 14.4. The van der Waals surface area contributed by atoms with Crippen LogP contribution >= 0.6 is 0 Å². The highest BCUT2D eigenvalue weighted by Gasteiger charge is 2.52. The van der Waals surface area contributed by atoms with Gasteiger partial charge in [-0.05, 0) is 209 Å². The molecule has 5 aliphatic carbocycles. The predicted molar refractivity (Wildman–Crippen MR) is 293 cm³/mol. The summed E-state index contributed by atoms with van der Waals surface area (Å²) >= 11 is 0. The lowest BCUT2D eigenvalue weighted by Crippen LogP contribution is -2.34. The molecule has 1 heteroatoms. The maximum absolute atomic E-state index is 2.71. The Balaban J connectivity index is 1.24. The Hall–Kier alpha value is -5.66. The van der Waals surface area contributed by atoms with E-state index < -0.39 is 5.41 Å². The first-order valence-electron chi connectivity index (χ1n) is 26.3. The summed E-state index contributed by atoms with van der Waals surface area (Å²) < 4.78 is 0. The summed E-state index contributed by atoms with van der Waals surface area (Å²) in [7, 11) is 0. The van der Waals surface area contributed by atoms with Gasteiger partial charge in [0.05, 0.1) is 11.1 Å². The molecule has 7 aromatic carbocycles. The fourth-order valence-electron chi connectivity index (χ4n) is 14.4. The lowest BCUT2D eigenvalue weighted by Gasteiger charge is -2.44. The normalized spacial score (nSPS) is 20.4. The summed E-state index contributed by atoms with van der Waals surface area (Å²) in [6.45, 7) is 32.1. The van der Waals surface area contributed by atoms with Crippen molar-refractivity contribution in [3.05, 3.63) is 195 Å². The van der Waals surface area contributed by atoms with E-state index in [9.17, 15) is 0 Å². The second kappa shape index (κ2) is 14.5. The van der Waals surface area contributed by atoms with Crippen LogP contribution in [0.1, 0.15) is 183 Å². The van der Waals surface area contributed by atoms with Gasteiger partial charge in [-0.15, -0.1) is 0 Å². The number of hydrogen-bond donors (Lipinski definition) is 0. The van der Waals surface area contributed by atoms with Gasteiger partial charge in [0.2, 0.25) is 0 Å². The summed E-state index contributed by atoms with van der Waals surface area (Å²) in [4.78, 5) is 2.71. The first kappa shape index (κ1) is 44.5. The number of rotatable bonds is 4. The first-order valence-corrected chi connectivity index (χ1v) is 26.3. The lowest BCUT2D eigenvalue weighted by atomic mass is 9.62. The lowest BCUT2D eigenvalue weighted by molar-refractivity contribution is 0.332. The smallest absolute Gasteiger partial charge is 0.0726 e. The minimum atomic E-state index is -0.474. The first-order chi connectivity index (χ1) is 32.6. The molecule has 0 heterocycles. The van der Waals surface area contributed by atoms with E-state index in [1.807, 2.05) is 0 Å². The van der Waals surface area contributed by atoms with Crippen molar-refractivity contribution in [2.45, 2.75) is 166 Å². The van der Waals surface area contributed by atoms with Crippen molar-refractivity contribution in [2.75, 3.05) is 4.90 Å². The number of anilines is 3. The van der Waals surface area contributed by atoms with Gasteiger partial charge in [-0.3, -0.25) is 0 Å². The van der Waals surface area contributed by atoms with Gasteiger partial charge < -0.3 is 4.90 Å². The molecule has 12 rings (SSSR count). The van der Waals surface area contributed by atoms with Crippen LogP contribution in [0, 0.1) is 6.92 Å². The fraction of sp³-hybridized carbons (Fsp3) is 0.382. The summed E-state index contributed by atoms with van der Waals surface area (Å²) in [5, 5.41) is 0. The van der Waals surface area contributed by atoms with Crippen molar-refractivity contribution in [3.8, 4) is 33.4 Å². The molecule has 0 unspecified atom stereocenters. The Morgan fingerprint density at radius 2 is 0.652 bits per heavy atom. The third kappa shape index (κ3) is 6.26. The molecular weight excluding hydrogens is 831 g/mol. The number of fused-ring (bicyclic) bond motifs is 13. The molecule has 0 atom stereocenters. The molecular formula is C68H73N. The van der Waals surface area contributed by atoms with Crippen molar-refractivity contribution in [3.63, 3.8) is 0 Å². The Morgan fingerprint density at radius 3 is 1.09 bits per heavy atom. The Morgan fingerprint density at radius 1 is 0.290 bits per heavy atom. The molecule has 5 aliphatic rings. The number of hydrogen-bond acceptors (Lipinski definition) is 1. The maximum Gasteiger partial charge on any atom is 0.0726 e. The summed E-state index contributed by atoms with van der Waals surface area (Å²) in [6.07, 6.45) is 7.10. The van der Waals surface area contributed by atoms with Crippen LogP contribution in [0.5, 0.6) is 0 Å². The zero-order chi connectivity index (χ0) is 48.4. The molecule has 0 radical (unpaired) electrons. The van der Waals surface area contributed by atoms with E-state index in [4.69, 9.17) is 0 Å². The van der Waals surface area contributed by atoms with E-state index in [-0.39, 0.29) is 32.5 Å². The number of benzene rings is 7. The van der Waals surface area contributed by atoms with Gasteiger partial charge in [0.15, 0.2) is 0 Å². The van der Waals surface area contributed by atoms with Gasteiger partial charge in [0.25, 0.3) is 0 Å². The molecule has 0 saturated carbocycles. The topological polar surface area (TPSA) is 3.24 Å². The van der Waals surface area contributed by atoms with Crippen LogP contribution in [0.25, 0.3) is 33.4 Å². The molecule has 0 bridgehead atoms. The molecule has 1 spiro atoms. The van der Waals surface area contributed by atoms with Gasteiger partial charge in [-0.2, -0.15) is 0 Å². The van der Waals surface area contributed by atoms with E-state index in [0.717, 1.165) is 0 Å². The third-order valence-corrected chi connectivity index (χ3v) is 19.0. The van der Waals surface area contributed by atoms with Gasteiger partial charge in [0, 0.05) is 16.9 Å². The van der Waals surface area contributed by atoms with Gasteiger partial charge in [-0.1, -0.05) is 174 Å². The van der Waals surface area contributed by atoms with Crippen molar-refractivity contribution in [1.29, 1.82) is 0 Å². The van der Waals surface area contributed by atoms with Crippen molar-refractivity contribution < 1.29 is 0 Å². The third-order valence-electron chi connectivity index (χ3n) is 19.0. The van der Waals surface area contributed by atoms with Crippen LogP contribution in [0.2, 0.25) is 0 Å². The molecule has 0 fully saturated rings. The number of nitrogens with zero attached hydrogens (tertiary/aromatic N) is 1. The van der Waals surface area contributed by atoms with E-state index in [1.54, 1.807) is 0 Å². The standard InChI is InChI=1S/C68H73N/c1-42-36-57-60(67(12,13)35-34-64(57,6)7)40-48(42)50-39-49-47-22-16-19-25-53(47)68(51-23-17-14-20-45(51)46-21-15-18-24-52(46)68)56(49)41-61(50)69(43-26-28-54-58(37-43)65(8,9)32-30-62(54,2)3)44-27-29-55-59(38-44)66(10,11)33-31-63(55,4)5/h14-29,36-41H,30-35H2,1-13H3. The van der Waals surface area contributed by atoms with E-state index in [0.29, 0.717) is 0 Å². The SMILES string of the molecule is Cc1cc2c(cc1-c1cc3c(cc1N(c1ccc4c(c1)C(C)(C)CCC4(C)C)c1ccc4c(c1)C(C)(C)CCC4(C)C)C1(c4ccccc4-c4ccccc41)c1ccccc1-3)C(C)(C)CCC2(C)C. The Kier molecular flexibility index (Phi) is 9.34. The van der Waals surface area contributed by atoms with Crippen molar-refractivity contribution >= 4 is 17.1 Å². The van der Waals surface area contributed by atoms with Crippen LogP contribution in [0.3, 0.4) is 0 Å². The zero-order valence-electron chi connectivity index (χ0n) is 43.9. The van der Waals surface area contributed by atoms with Crippen LogP contribution in [-0.2, 0) is 37.9 Å². The van der Waals surface area contributed by atoms with Crippen molar-refractivity contribution in [2.24, 2.45) is 0 Å². The van der Waals surface area contributed by atoms with Crippen LogP contribution in [0.4, 0.5) is 17.1 Å². The van der Waals surface area contributed by atoms with Gasteiger partial charge in [-0.25, -0.2) is 0 Å². The van der Waals surface area contributed by atoms with E-state index in [1.165, 1.54) is 150 Å². The summed E-state index contributed by atoms with van der Waals surface area (Å²) in [6, 6.07) is 53.6. The van der Waals surface area contributed by atoms with E-state index >= 15 is 0 Å². The molecule has 0 aromatic heterocycles. The number of aryl methyl sites for hydroxylation is 1. The minimum Gasteiger partial charge on any atom is -0.310 e. The molecule has 0 aliphatic heterocycles. The quantitative estimate of drug-likeness (QED) is 0.170. The maximum atomic E-state index is 2.71. The average molecular weight is 904 g/mol. The van der Waals surface area contributed by atoms with E-state index in [2.05, 4.69) is 228 Å².